The van der Waals surface area contributed by atoms with Gasteiger partial charge in [-0.05, 0) is 65.4 Å². The molecule has 0 spiro atoms. The number of benzene rings is 2. The predicted molar refractivity (Wildman–Crippen MR) is 95.1 cm³/mol. The number of carbonyl (C=O) groups excluding carboxylic acids is 2. The first-order valence-corrected chi connectivity index (χ1v) is 8.26. The smallest absolute Gasteiger partial charge is 0.255 e. The summed E-state index contributed by atoms with van der Waals surface area (Å²) in [6.45, 7) is 0.748. The van der Waals surface area contributed by atoms with Gasteiger partial charge in [-0.2, -0.15) is 0 Å². The zero-order valence-electron chi connectivity index (χ0n) is 13.9. The molecule has 1 aliphatic heterocycles. The van der Waals surface area contributed by atoms with Crippen LogP contribution in [0.3, 0.4) is 0 Å². The third kappa shape index (κ3) is 3.16. The Balaban J connectivity index is 1.43. The zero-order chi connectivity index (χ0) is 17.9. The fourth-order valence-corrected chi connectivity index (χ4v) is 2.89. The van der Waals surface area contributed by atoms with Crippen molar-refractivity contribution in [2.75, 3.05) is 16.8 Å². The second-order valence-corrected chi connectivity index (χ2v) is 5.95. The van der Waals surface area contributed by atoms with Gasteiger partial charge in [0, 0.05) is 29.9 Å². The Morgan fingerprint density at radius 3 is 2.35 bits per heavy atom. The van der Waals surface area contributed by atoms with Gasteiger partial charge in [-0.15, -0.1) is 5.10 Å². The van der Waals surface area contributed by atoms with Crippen molar-refractivity contribution >= 4 is 23.2 Å². The molecule has 8 nitrogen and oxygen atoms in total. The second-order valence-electron chi connectivity index (χ2n) is 5.95. The molecule has 2 amide bonds. The highest BCUT2D eigenvalue weighted by atomic mass is 16.2. The Bertz CT molecular complexity index is 919. The van der Waals surface area contributed by atoms with Crippen molar-refractivity contribution in [3.05, 3.63) is 60.4 Å². The van der Waals surface area contributed by atoms with Crippen molar-refractivity contribution in [2.24, 2.45) is 0 Å². The van der Waals surface area contributed by atoms with Gasteiger partial charge >= 0.3 is 0 Å². The maximum atomic E-state index is 12.4. The molecule has 0 bridgehead atoms. The molecule has 2 aromatic carbocycles. The summed E-state index contributed by atoms with van der Waals surface area (Å²) < 4.78 is 1.51. The van der Waals surface area contributed by atoms with Crippen LogP contribution in [0, 0.1) is 0 Å². The molecule has 3 aromatic rings. The van der Waals surface area contributed by atoms with Gasteiger partial charge in [0.25, 0.3) is 5.91 Å². The highest BCUT2D eigenvalue weighted by Gasteiger charge is 2.21. The molecule has 0 unspecified atom stereocenters. The van der Waals surface area contributed by atoms with Gasteiger partial charge in [0.15, 0.2) is 0 Å². The van der Waals surface area contributed by atoms with Crippen LogP contribution in [-0.4, -0.2) is 38.6 Å². The summed E-state index contributed by atoms with van der Waals surface area (Å²) in [6, 6.07) is 14.3. The average molecular weight is 348 g/mol. The minimum Gasteiger partial charge on any atom is -0.322 e. The van der Waals surface area contributed by atoms with E-state index in [0.29, 0.717) is 17.7 Å². The van der Waals surface area contributed by atoms with Crippen molar-refractivity contribution in [1.29, 1.82) is 0 Å². The summed E-state index contributed by atoms with van der Waals surface area (Å²) in [5, 5.41) is 13.8. The highest BCUT2D eigenvalue weighted by Crippen LogP contribution is 2.23. The number of carbonyl (C=O) groups is 2. The summed E-state index contributed by atoms with van der Waals surface area (Å²) in [5.74, 6) is -0.0669. The summed E-state index contributed by atoms with van der Waals surface area (Å²) >= 11 is 0. The van der Waals surface area contributed by atoms with E-state index in [1.807, 2.05) is 12.1 Å². The molecule has 130 valence electrons. The zero-order valence-corrected chi connectivity index (χ0v) is 13.9. The van der Waals surface area contributed by atoms with E-state index >= 15 is 0 Å². The minimum atomic E-state index is -0.210. The largest absolute Gasteiger partial charge is 0.322 e. The van der Waals surface area contributed by atoms with E-state index in [9.17, 15) is 9.59 Å². The Hall–Kier alpha value is -3.55. The van der Waals surface area contributed by atoms with E-state index in [1.165, 1.54) is 11.0 Å². The van der Waals surface area contributed by atoms with Crippen molar-refractivity contribution in [2.45, 2.75) is 12.8 Å². The van der Waals surface area contributed by atoms with Gasteiger partial charge in [-0.1, -0.05) is 0 Å². The molecule has 0 radical (unpaired) electrons. The van der Waals surface area contributed by atoms with Gasteiger partial charge in [-0.25, -0.2) is 4.68 Å². The Labute approximate surface area is 149 Å². The average Bonchev–Trinajstić information content (AvgIpc) is 3.34. The van der Waals surface area contributed by atoms with E-state index in [4.69, 9.17) is 0 Å². The lowest BCUT2D eigenvalue weighted by Gasteiger charge is -2.16. The van der Waals surface area contributed by atoms with E-state index < -0.39 is 0 Å². The van der Waals surface area contributed by atoms with Gasteiger partial charge in [0.05, 0.1) is 5.69 Å². The van der Waals surface area contributed by atoms with E-state index in [-0.39, 0.29) is 11.8 Å². The van der Waals surface area contributed by atoms with E-state index in [1.54, 1.807) is 41.3 Å². The van der Waals surface area contributed by atoms with Crippen LogP contribution in [0.5, 0.6) is 0 Å². The van der Waals surface area contributed by atoms with Crippen LogP contribution in [-0.2, 0) is 4.79 Å². The Morgan fingerprint density at radius 1 is 1.00 bits per heavy atom. The third-order valence-corrected chi connectivity index (χ3v) is 4.25. The fourth-order valence-electron chi connectivity index (χ4n) is 2.89. The molecule has 0 atom stereocenters. The molecule has 0 aliphatic carbocycles. The van der Waals surface area contributed by atoms with Crippen LogP contribution in [0.15, 0.2) is 54.9 Å². The SMILES string of the molecule is O=C(Nc1ccc(N2CCCC2=O)cc1)c1ccc(-n2cnnn2)cc1. The molecule has 1 N–H and O–H groups in total. The second kappa shape index (κ2) is 6.75. The number of amides is 2. The highest BCUT2D eigenvalue weighted by molar-refractivity contribution is 6.04. The lowest BCUT2D eigenvalue weighted by Crippen LogP contribution is -2.23. The molecule has 8 heteroatoms. The first-order valence-electron chi connectivity index (χ1n) is 8.26. The number of nitrogens with one attached hydrogen (secondary N) is 1. The quantitative estimate of drug-likeness (QED) is 0.779. The summed E-state index contributed by atoms with van der Waals surface area (Å²) in [4.78, 5) is 25.9. The number of aromatic nitrogens is 4. The minimum absolute atomic E-state index is 0.143. The summed E-state index contributed by atoms with van der Waals surface area (Å²) in [7, 11) is 0. The number of nitrogens with zero attached hydrogens (tertiary/aromatic N) is 5. The molecule has 1 saturated heterocycles. The number of hydrogen-bond acceptors (Lipinski definition) is 5. The normalized spacial score (nSPS) is 13.8. The van der Waals surface area contributed by atoms with Gasteiger partial charge < -0.3 is 10.2 Å². The molecule has 0 saturated carbocycles. The van der Waals surface area contributed by atoms with Crippen molar-refractivity contribution in [3.63, 3.8) is 0 Å². The number of tetrazole rings is 1. The lowest BCUT2D eigenvalue weighted by atomic mass is 10.2. The standard InChI is InChI=1S/C18H16N6O2/c25-17-2-1-11-23(17)15-9-5-14(6-10-15)20-18(26)13-3-7-16(8-4-13)24-12-19-21-22-24/h3-10,12H,1-2,11H2,(H,20,26). The van der Waals surface area contributed by atoms with Crippen molar-refractivity contribution in [1.82, 2.24) is 20.2 Å². The third-order valence-electron chi connectivity index (χ3n) is 4.25. The van der Waals surface area contributed by atoms with Crippen LogP contribution in [0.2, 0.25) is 0 Å². The lowest BCUT2D eigenvalue weighted by molar-refractivity contribution is -0.117. The van der Waals surface area contributed by atoms with Crippen molar-refractivity contribution < 1.29 is 9.59 Å². The summed E-state index contributed by atoms with van der Waals surface area (Å²) in [5.41, 5.74) is 2.83. The van der Waals surface area contributed by atoms with Crippen molar-refractivity contribution in [3.8, 4) is 5.69 Å². The monoisotopic (exact) mass is 348 g/mol. The molecule has 1 aromatic heterocycles. The van der Waals surface area contributed by atoms with E-state index in [2.05, 4.69) is 20.8 Å². The van der Waals surface area contributed by atoms with Gasteiger partial charge in [-0.3, -0.25) is 9.59 Å². The van der Waals surface area contributed by atoms with E-state index in [0.717, 1.165) is 24.3 Å². The Kier molecular flexibility index (Phi) is 4.14. The first-order chi connectivity index (χ1) is 12.7. The maximum Gasteiger partial charge on any atom is 0.255 e. The number of hydrogen-bond donors (Lipinski definition) is 1. The van der Waals surface area contributed by atoms with Crippen LogP contribution in [0.25, 0.3) is 5.69 Å². The molecule has 2 heterocycles. The van der Waals surface area contributed by atoms with Crippen LogP contribution < -0.4 is 10.2 Å². The number of anilines is 2. The number of rotatable bonds is 4. The van der Waals surface area contributed by atoms with Crippen LogP contribution >= 0.6 is 0 Å². The molecular weight excluding hydrogens is 332 g/mol. The topological polar surface area (TPSA) is 93.0 Å². The molecule has 1 fully saturated rings. The van der Waals surface area contributed by atoms with Gasteiger partial charge in [0.2, 0.25) is 5.91 Å². The van der Waals surface area contributed by atoms with Crippen LogP contribution in [0.4, 0.5) is 11.4 Å². The molecule has 4 rings (SSSR count). The van der Waals surface area contributed by atoms with Gasteiger partial charge in [0.1, 0.15) is 6.33 Å². The molecule has 26 heavy (non-hydrogen) atoms. The fraction of sp³-hybridized carbons (Fsp3) is 0.167. The summed E-state index contributed by atoms with van der Waals surface area (Å²) in [6.07, 6.45) is 2.97. The maximum absolute atomic E-state index is 12.4. The predicted octanol–water partition coefficient (Wildman–Crippen LogP) is 2.04. The Morgan fingerprint density at radius 2 is 1.73 bits per heavy atom. The molecule has 1 aliphatic rings. The first kappa shape index (κ1) is 15.9. The van der Waals surface area contributed by atoms with Crippen LogP contribution in [0.1, 0.15) is 23.2 Å². The molecular formula is C18H16N6O2.